The van der Waals surface area contributed by atoms with Gasteiger partial charge in [-0.05, 0) is 61.7 Å². The van der Waals surface area contributed by atoms with Gasteiger partial charge in [0.2, 0.25) is 0 Å². The molecule has 0 spiro atoms. The first-order valence-electron chi connectivity index (χ1n) is 6.44. The molecule has 0 atom stereocenters. The summed E-state index contributed by atoms with van der Waals surface area (Å²) in [7, 11) is 0. The fraction of sp³-hybridized carbons (Fsp3) is 0.857. The van der Waals surface area contributed by atoms with E-state index in [4.69, 9.17) is 0 Å². The lowest BCUT2D eigenvalue weighted by atomic mass is 9.54. The molecule has 0 heteroatoms. The third kappa shape index (κ3) is 1.34. The fourth-order valence-corrected chi connectivity index (χ4v) is 4.39. The second-order valence-corrected chi connectivity index (χ2v) is 6.22. The molecule has 78 valence electrons. The Morgan fingerprint density at radius 2 is 1.43 bits per heavy atom. The summed E-state index contributed by atoms with van der Waals surface area (Å²) in [4.78, 5) is 0. The van der Waals surface area contributed by atoms with Crippen LogP contribution in [0.5, 0.6) is 0 Å². The average molecular weight is 190 g/mol. The molecule has 4 saturated carbocycles. The standard InChI is InChI=1S/C14H22/c1-9(2)3-14-12-5-10-4-11(7-12)8-13(14)6-10/h3,9-13H,4-8H2,1-2H3. The molecule has 0 aromatic heterocycles. The van der Waals surface area contributed by atoms with E-state index in [-0.39, 0.29) is 0 Å². The molecule has 0 saturated heterocycles. The van der Waals surface area contributed by atoms with Crippen LogP contribution in [0, 0.1) is 29.6 Å². The number of rotatable bonds is 1. The van der Waals surface area contributed by atoms with Crippen LogP contribution in [0.25, 0.3) is 0 Å². The van der Waals surface area contributed by atoms with E-state index in [9.17, 15) is 0 Å². The van der Waals surface area contributed by atoms with Crippen molar-refractivity contribution in [2.45, 2.75) is 46.0 Å². The summed E-state index contributed by atoms with van der Waals surface area (Å²) in [6.45, 7) is 4.66. The zero-order valence-electron chi connectivity index (χ0n) is 9.50. The Morgan fingerprint density at radius 3 is 1.86 bits per heavy atom. The van der Waals surface area contributed by atoms with Crippen molar-refractivity contribution in [2.75, 3.05) is 0 Å². The van der Waals surface area contributed by atoms with Crippen molar-refractivity contribution in [2.24, 2.45) is 29.6 Å². The molecule has 0 amide bonds. The van der Waals surface area contributed by atoms with E-state index in [1.54, 1.807) is 6.42 Å². The summed E-state index contributed by atoms with van der Waals surface area (Å²) in [5.74, 6) is 5.01. The molecule has 4 bridgehead atoms. The normalized spacial score (nSPS) is 44.9. The van der Waals surface area contributed by atoms with Crippen LogP contribution in [0.15, 0.2) is 11.6 Å². The molecule has 0 unspecified atom stereocenters. The molecule has 4 aliphatic carbocycles. The lowest BCUT2D eigenvalue weighted by Crippen LogP contribution is -2.40. The van der Waals surface area contributed by atoms with Crippen LogP contribution in [0.4, 0.5) is 0 Å². The van der Waals surface area contributed by atoms with Crippen LogP contribution >= 0.6 is 0 Å². The lowest BCUT2D eigenvalue weighted by Gasteiger charge is -2.51. The summed E-state index contributed by atoms with van der Waals surface area (Å²) in [6.07, 6.45) is 10.3. The van der Waals surface area contributed by atoms with Crippen LogP contribution in [0.2, 0.25) is 0 Å². The SMILES string of the molecule is CC(C)C=C1C2CC3CC(C2)CC1C3. The van der Waals surface area contributed by atoms with Gasteiger partial charge < -0.3 is 0 Å². The molecule has 0 N–H and O–H groups in total. The van der Waals surface area contributed by atoms with Crippen LogP contribution in [-0.4, -0.2) is 0 Å². The van der Waals surface area contributed by atoms with E-state index < -0.39 is 0 Å². The van der Waals surface area contributed by atoms with Crippen molar-refractivity contribution in [3.05, 3.63) is 11.6 Å². The summed E-state index contributed by atoms with van der Waals surface area (Å²) in [5, 5.41) is 0. The van der Waals surface area contributed by atoms with Crippen LogP contribution in [0.1, 0.15) is 46.0 Å². The van der Waals surface area contributed by atoms with Gasteiger partial charge in [-0.3, -0.25) is 0 Å². The highest BCUT2D eigenvalue weighted by Gasteiger charge is 2.44. The molecular weight excluding hydrogens is 168 g/mol. The lowest BCUT2D eigenvalue weighted by molar-refractivity contribution is 0.0689. The van der Waals surface area contributed by atoms with Crippen LogP contribution in [0.3, 0.4) is 0 Å². The first-order chi connectivity index (χ1) is 6.72. The van der Waals surface area contributed by atoms with E-state index >= 15 is 0 Å². The van der Waals surface area contributed by atoms with Crippen molar-refractivity contribution in [3.63, 3.8) is 0 Å². The Kier molecular flexibility index (Phi) is 2.00. The molecule has 0 heterocycles. The first kappa shape index (κ1) is 9.00. The third-order valence-electron chi connectivity index (χ3n) is 4.61. The highest BCUT2D eigenvalue weighted by molar-refractivity contribution is 5.20. The van der Waals surface area contributed by atoms with Gasteiger partial charge in [-0.2, -0.15) is 0 Å². The van der Waals surface area contributed by atoms with Gasteiger partial charge in [0.05, 0.1) is 0 Å². The molecule has 0 aromatic carbocycles. The van der Waals surface area contributed by atoms with E-state index in [2.05, 4.69) is 19.9 Å². The Morgan fingerprint density at radius 1 is 0.929 bits per heavy atom. The summed E-state index contributed by atoms with van der Waals surface area (Å²) < 4.78 is 0. The molecule has 0 nitrogen and oxygen atoms in total. The molecule has 4 rings (SSSR count). The largest absolute Gasteiger partial charge is 0.0822 e. The number of hydrogen-bond acceptors (Lipinski definition) is 0. The quantitative estimate of drug-likeness (QED) is 0.548. The number of allylic oxidation sites excluding steroid dienone is 2. The second kappa shape index (κ2) is 3.12. The molecule has 0 radical (unpaired) electrons. The predicted octanol–water partition coefficient (Wildman–Crippen LogP) is 4.02. The highest BCUT2D eigenvalue weighted by Crippen LogP contribution is 2.56. The van der Waals surface area contributed by atoms with Crippen molar-refractivity contribution >= 4 is 0 Å². The molecular formula is C14H22. The number of hydrogen-bond donors (Lipinski definition) is 0. The average Bonchev–Trinajstić information content (AvgIpc) is 2.09. The van der Waals surface area contributed by atoms with Gasteiger partial charge in [-0.1, -0.05) is 25.5 Å². The van der Waals surface area contributed by atoms with Gasteiger partial charge in [-0.15, -0.1) is 0 Å². The van der Waals surface area contributed by atoms with E-state index in [1.807, 2.05) is 5.57 Å². The maximum absolute atomic E-state index is 2.59. The van der Waals surface area contributed by atoms with Crippen molar-refractivity contribution in [1.29, 1.82) is 0 Å². The summed E-state index contributed by atoms with van der Waals surface area (Å²) in [6, 6.07) is 0. The van der Waals surface area contributed by atoms with Gasteiger partial charge in [0.15, 0.2) is 0 Å². The van der Waals surface area contributed by atoms with Crippen molar-refractivity contribution < 1.29 is 0 Å². The molecule has 4 fully saturated rings. The van der Waals surface area contributed by atoms with Gasteiger partial charge in [0, 0.05) is 0 Å². The maximum Gasteiger partial charge on any atom is -0.0195 e. The van der Waals surface area contributed by atoms with Gasteiger partial charge in [-0.25, -0.2) is 0 Å². The van der Waals surface area contributed by atoms with E-state index in [0.717, 1.165) is 29.6 Å². The Hall–Kier alpha value is -0.260. The molecule has 14 heavy (non-hydrogen) atoms. The van der Waals surface area contributed by atoms with Crippen molar-refractivity contribution in [3.8, 4) is 0 Å². The minimum absolute atomic E-state index is 0.766. The van der Waals surface area contributed by atoms with Gasteiger partial charge in [0.25, 0.3) is 0 Å². The van der Waals surface area contributed by atoms with Crippen molar-refractivity contribution in [1.82, 2.24) is 0 Å². The van der Waals surface area contributed by atoms with Crippen LogP contribution in [-0.2, 0) is 0 Å². The van der Waals surface area contributed by atoms with E-state index in [1.165, 1.54) is 25.7 Å². The van der Waals surface area contributed by atoms with E-state index in [0.29, 0.717) is 0 Å². The minimum Gasteiger partial charge on any atom is -0.0822 e. The van der Waals surface area contributed by atoms with Gasteiger partial charge >= 0.3 is 0 Å². The molecule has 0 aliphatic heterocycles. The Bertz CT molecular complexity index is 229. The minimum atomic E-state index is 0.766. The maximum atomic E-state index is 2.59. The molecule has 0 aromatic rings. The zero-order valence-corrected chi connectivity index (χ0v) is 9.50. The Balaban J connectivity index is 1.88. The smallest absolute Gasteiger partial charge is 0.0195 e. The predicted molar refractivity (Wildman–Crippen MR) is 60.0 cm³/mol. The second-order valence-electron chi connectivity index (χ2n) is 6.22. The molecule has 4 aliphatic rings. The summed E-state index contributed by atoms with van der Waals surface area (Å²) in [5.41, 5.74) is 1.87. The highest BCUT2D eigenvalue weighted by atomic mass is 14.5. The first-order valence-corrected chi connectivity index (χ1v) is 6.44. The summed E-state index contributed by atoms with van der Waals surface area (Å²) >= 11 is 0. The fourth-order valence-electron chi connectivity index (χ4n) is 4.39. The van der Waals surface area contributed by atoms with Crippen LogP contribution < -0.4 is 0 Å². The third-order valence-corrected chi connectivity index (χ3v) is 4.61. The topological polar surface area (TPSA) is 0 Å². The van der Waals surface area contributed by atoms with Gasteiger partial charge in [0.1, 0.15) is 0 Å². The zero-order chi connectivity index (χ0) is 9.71. The monoisotopic (exact) mass is 190 g/mol. The Labute approximate surface area is 87.8 Å².